The highest BCUT2D eigenvalue weighted by molar-refractivity contribution is 5.97. The number of benzene rings is 1. The third-order valence-corrected chi connectivity index (χ3v) is 5.96. The van der Waals surface area contributed by atoms with Gasteiger partial charge in [-0.15, -0.1) is 0 Å². The summed E-state index contributed by atoms with van der Waals surface area (Å²) in [5, 5.41) is 26.0. The fourth-order valence-corrected chi connectivity index (χ4v) is 3.16. The summed E-state index contributed by atoms with van der Waals surface area (Å²) in [6.07, 6.45) is 1.31. The second-order valence-electron chi connectivity index (χ2n) is 11.6. The Hall–Kier alpha value is -3.82. The molecule has 0 fully saturated rings. The van der Waals surface area contributed by atoms with Crippen LogP contribution in [0.2, 0.25) is 0 Å². The summed E-state index contributed by atoms with van der Waals surface area (Å²) in [7, 11) is 3.25. The van der Waals surface area contributed by atoms with Gasteiger partial charge in [-0.1, -0.05) is 52.8 Å². The molecule has 0 saturated carbocycles. The number of allylic oxidation sites excluding steroid dienone is 1. The van der Waals surface area contributed by atoms with Crippen molar-refractivity contribution in [2.45, 2.75) is 73.6 Å². The smallest absolute Gasteiger partial charge is 0.263 e. The summed E-state index contributed by atoms with van der Waals surface area (Å²) in [6, 6.07) is 5.44. The number of likely N-dealkylation sites (N-methyl/N-ethyl adjacent to an activating group) is 1. The highest BCUT2D eigenvalue weighted by Gasteiger charge is 2.30. The van der Waals surface area contributed by atoms with Crippen molar-refractivity contribution in [2.24, 2.45) is 11.3 Å². The maximum atomic E-state index is 13.7. The quantitative estimate of drug-likeness (QED) is 0.198. The predicted molar refractivity (Wildman–Crippen MR) is 162 cm³/mol. The van der Waals surface area contributed by atoms with Crippen LogP contribution in [0, 0.1) is 35.4 Å². The van der Waals surface area contributed by atoms with Gasteiger partial charge >= 0.3 is 0 Å². The summed E-state index contributed by atoms with van der Waals surface area (Å²) >= 11 is 0. The zero-order valence-corrected chi connectivity index (χ0v) is 26.8. The first-order valence-electron chi connectivity index (χ1n) is 14.1. The summed E-state index contributed by atoms with van der Waals surface area (Å²) in [4.78, 5) is 49.4. The first kappa shape index (κ1) is 39.2. The molecule has 1 aromatic rings. The number of amides is 4. The number of methoxy groups -OCH3 is 1. The van der Waals surface area contributed by atoms with Gasteiger partial charge < -0.3 is 30.7 Å². The van der Waals surface area contributed by atoms with Crippen LogP contribution >= 0.6 is 0 Å². The average Bonchev–Trinajstić information content (AvgIpc) is 2.92. The zero-order chi connectivity index (χ0) is 33.3. The van der Waals surface area contributed by atoms with Crippen LogP contribution in [-0.2, 0) is 30.5 Å². The highest BCUT2D eigenvalue weighted by atomic mass is 19.1. The lowest BCUT2D eigenvalue weighted by atomic mass is 9.95. The van der Waals surface area contributed by atoms with Gasteiger partial charge in [-0.05, 0) is 37.8 Å². The van der Waals surface area contributed by atoms with Gasteiger partial charge in [0.1, 0.15) is 23.5 Å². The lowest BCUT2D eigenvalue weighted by molar-refractivity contribution is -0.136. The Morgan fingerprint density at radius 1 is 1.16 bits per heavy atom. The fraction of sp³-hybridized carbons (Fsp3) is 0.581. The Morgan fingerprint density at radius 2 is 1.79 bits per heavy atom. The number of ether oxygens (including phenoxy) is 1. The summed E-state index contributed by atoms with van der Waals surface area (Å²) < 4.78 is 18.6. The number of aliphatic hydroxyl groups excluding tert-OH is 1. The number of hydrogen-bond acceptors (Lipinski definition) is 7. The molecule has 0 radical (unpaired) electrons. The summed E-state index contributed by atoms with van der Waals surface area (Å²) in [5.41, 5.74) is 0.589. The van der Waals surface area contributed by atoms with E-state index in [9.17, 15) is 28.7 Å². The van der Waals surface area contributed by atoms with Crippen molar-refractivity contribution in [2.75, 3.05) is 33.9 Å². The number of hydrogen-bond donors (Lipinski definition) is 4. The minimum absolute atomic E-state index is 0.0125. The van der Waals surface area contributed by atoms with E-state index < -0.39 is 41.1 Å². The van der Waals surface area contributed by atoms with Gasteiger partial charge in [0.2, 0.25) is 17.7 Å². The monoisotopic (exact) mass is 605 g/mol. The number of nitriles is 1. The second kappa shape index (κ2) is 19.4. The molecular weight excluding hydrogens is 557 g/mol. The van der Waals surface area contributed by atoms with Crippen LogP contribution in [0.5, 0.6) is 0 Å². The molecule has 0 heterocycles. The van der Waals surface area contributed by atoms with Crippen LogP contribution in [-0.4, -0.2) is 79.6 Å². The van der Waals surface area contributed by atoms with Crippen LogP contribution in [0.25, 0.3) is 0 Å². The number of aryl methyl sites for hydroxylation is 1. The van der Waals surface area contributed by atoms with Gasteiger partial charge in [-0.3, -0.25) is 19.2 Å². The Kier molecular flexibility index (Phi) is 17.7. The van der Waals surface area contributed by atoms with Crippen molar-refractivity contribution in [3.63, 3.8) is 0 Å². The Morgan fingerprint density at radius 3 is 2.28 bits per heavy atom. The minimum atomic E-state index is -1.18. The molecule has 0 aromatic heterocycles. The largest absolute Gasteiger partial charge is 0.391 e. The molecule has 0 bridgehead atoms. The van der Waals surface area contributed by atoms with E-state index in [1.807, 2.05) is 19.9 Å². The lowest BCUT2D eigenvalue weighted by Crippen LogP contribution is -2.55. The van der Waals surface area contributed by atoms with Crippen LogP contribution in [0.1, 0.15) is 59.1 Å². The number of halogens is 1. The first-order valence-corrected chi connectivity index (χ1v) is 14.1. The molecular formula is C31H48FN5O6. The van der Waals surface area contributed by atoms with E-state index >= 15 is 0 Å². The number of carbonyl (C=O) groups excluding carboxylic acids is 4. The molecule has 0 spiro atoms. The van der Waals surface area contributed by atoms with Gasteiger partial charge in [-0.2, -0.15) is 5.26 Å². The second-order valence-corrected chi connectivity index (χ2v) is 11.6. The SMILES string of the molecule is COCCN(C)C(=O)/C(C#N)=C/CC(C)C.Cc1ccc(CNC(=O)CNC(=O)[C@@H](NC(=O)C(C)(C)C)[C@@H](C)O)c(F)c1. The predicted octanol–water partition coefficient (Wildman–Crippen LogP) is 2.37. The minimum Gasteiger partial charge on any atom is -0.391 e. The molecule has 12 heteroatoms. The van der Waals surface area contributed by atoms with Crippen LogP contribution in [0.4, 0.5) is 4.39 Å². The number of nitrogens with zero attached hydrogens (tertiary/aromatic N) is 2. The highest BCUT2D eigenvalue weighted by Crippen LogP contribution is 2.13. The van der Waals surface area contributed by atoms with E-state index in [4.69, 9.17) is 10.00 Å². The van der Waals surface area contributed by atoms with E-state index in [1.54, 1.807) is 60.1 Å². The van der Waals surface area contributed by atoms with Gasteiger partial charge in [0.15, 0.2) is 0 Å². The van der Waals surface area contributed by atoms with Gasteiger partial charge in [0.05, 0.1) is 19.3 Å². The van der Waals surface area contributed by atoms with Crippen molar-refractivity contribution >= 4 is 23.6 Å². The Bertz CT molecular complexity index is 1150. The average molecular weight is 606 g/mol. The fourth-order valence-electron chi connectivity index (χ4n) is 3.16. The van der Waals surface area contributed by atoms with Crippen molar-refractivity contribution in [3.8, 4) is 6.07 Å². The molecule has 43 heavy (non-hydrogen) atoms. The topological polar surface area (TPSA) is 161 Å². The molecule has 1 rings (SSSR count). The third-order valence-electron chi connectivity index (χ3n) is 5.96. The molecule has 2 atom stereocenters. The molecule has 0 unspecified atom stereocenters. The molecule has 0 aliphatic heterocycles. The summed E-state index contributed by atoms with van der Waals surface area (Å²) in [5.74, 6) is -1.81. The zero-order valence-electron chi connectivity index (χ0n) is 26.8. The van der Waals surface area contributed by atoms with E-state index in [0.29, 0.717) is 24.6 Å². The molecule has 4 N–H and O–H groups in total. The van der Waals surface area contributed by atoms with Crippen LogP contribution in [0.15, 0.2) is 29.8 Å². The third kappa shape index (κ3) is 15.8. The van der Waals surface area contributed by atoms with E-state index in [0.717, 1.165) is 12.0 Å². The normalized spacial score (nSPS) is 12.7. The molecule has 0 aliphatic carbocycles. The van der Waals surface area contributed by atoms with E-state index in [1.165, 1.54) is 17.9 Å². The number of rotatable bonds is 13. The molecule has 0 aliphatic rings. The maximum absolute atomic E-state index is 13.7. The number of aliphatic hydroxyl groups is 1. The van der Waals surface area contributed by atoms with Crippen LogP contribution < -0.4 is 16.0 Å². The Labute approximate surface area is 254 Å². The van der Waals surface area contributed by atoms with E-state index in [-0.39, 0.29) is 24.6 Å². The molecule has 240 valence electrons. The van der Waals surface area contributed by atoms with Crippen LogP contribution in [0.3, 0.4) is 0 Å². The van der Waals surface area contributed by atoms with Crippen molar-refractivity contribution in [3.05, 3.63) is 46.8 Å². The van der Waals surface area contributed by atoms with E-state index in [2.05, 4.69) is 16.0 Å². The lowest BCUT2D eigenvalue weighted by Gasteiger charge is -2.25. The molecule has 4 amide bonds. The Balaban J connectivity index is 0.000000942. The molecule has 11 nitrogen and oxygen atoms in total. The maximum Gasteiger partial charge on any atom is 0.263 e. The van der Waals surface area contributed by atoms with Gasteiger partial charge in [0.25, 0.3) is 5.91 Å². The molecule has 1 aromatic carbocycles. The number of carbonyl (C=O) groups is 4. The first-order chi connectivity index (χ1) is 19.9. The molecule has 0 saturated heterocycles. The van der Waals surface area contributed by atoms with Crippen molar-refractivity contribution < 1.29 is 33.4 Å². The van der Waals surface area contributed by atoms with Gasteiger partial charge in [0, 0.05) is 38.2 Å². The summed E-state index contributed by atoms with van der Waals surface area (Å²) in [6.45, 7) is 12.9. The standard InChI is InChI=1S/C19H28FN3O4.C12H20N2O2/c1-11-6-7-13(14(20)8-11)9-21-15(25)10-22-17(26)16(12(2)24)23-18(27)19(3,4)5;1-10(2)5-6-11(9-13)12(15)14(3)7-8-16-4/h6-8,12,16,24H,9-10H2,1-5H3,(H,21,25)(H,22,26)(H,23,27);6,10H,5,7-8H2,1-4H3/b;11-6+/t12-,16+;/m1./s1. The van der Waals surface area contributed by atoms with Crippen molar-refractivity contribution in [1.29, 1.82) is 5.26 Å². The van der Waals surface area contributed by atoms with Gasteiger partial charge in [-0.25, -0.2) is 4.39 Å². The van der Waals surface area contributed by atoms with Crippen molar-refractivity contribution in [1.82, 2.24) is 20.9 Å². The number of nitrogens with one attached hydrogen (secondary N) is 3.